The van der Waals surface area contributed by atoms with Gasteiger partial charge in [-0.25, -0.2) is 0 Å². The fraction of sp³-hybridized carbons (Fsp3) is 0.750. The van der Waals surface area contributed by atoms with Gasteiger partial charge in [-0.3, -0.25) is 4.68 Å². The minimum atomic E-state index is -0.565. The van der Waals surface area contributed by atoms with Crippen molar-refractivity contribution in [2.24, 2.45) is 0 Å². The molecule has 18 heavy (non-hydrogen) atoms. The van der Waals surface area contributed by atoms with Crippen LogP contribution in [0.3, 0.4) is 0 Å². The first-order valence-electron chi connectivity index (χ1n) is 6.10. The number of aromatic nitrogens is 2. The Morgan fingerprint density at radius 3 is 2.44 bits per heavy atom. The molecule has 0 spiro atoms. The van der Waals surface area contributed by atoms with Crippen molar-refractivity contribution >= 4 is 11.6 Å². The van der Waals surface area contributed by atoms with Crippen LogP contribution in [0.4, 0.5) is 0 Å². The Morgan fingerprint density at radius 1 is 1.28 bits per heavy atom. The summed E-state index contributed by atoms with van der Waals surface area (Å²) >= 11 is 6.10. The molecule has 0 bridgehead atoms. The first-order chi connectivity index (χ1) is 8.41. The van der Waals surface area contributed by atoms with Gasteiger partial charge in [-0.05, 0) is 34.6 Å². The predicted molar refractivity (Wildman–Crippen MR) is 73.9 cm³/mol. The Bertz CT molecular complexity index is 365. The average Bonchev–Trinajstić information content (AvgIpc) is 2.64. The van der Waals surface area contributed by atoms with E-state index in [0.29, 0.717) is 11.4 Å². The van der Waals surface area contributed by atoms with Gasteiger partial charge in [0, 0.05) is 13.1 Å². The molecule has 0 radical (unpaired) electrons. The van der Waals surface area contributed by atoms with Crippen LogP contribution in [0.25, 0.3) is 0 Å². The molecule has 0 saturated carbocycles. The number of halogens is 1. The molecule has 1 N–H and O–H groups in total. The molecule has 0 amide bonds. The molecule has 1 atom stereocenters. The highest BCUT2D eigenvalue weighted by Gasteiger charge is 2.18. The van der Waals surface area contributed by atoms with E-state index in [-0.39, 0.29) is 0 Å². The van der Waals surface area contributed by atoms with E-state index in [1.807, 2.05) is 33.1 Å². The molecule has 1 heterocycles. The molecule has 0 fully saturated rings. The van der Waals surface area contributed by atoms with Gasteiger partial charge in [0.25, 0.3) is 0 Å². The van der Waals surface area contributed by atoms with Crippen molar-refractivity contribution in [1.82, 2.24) is 19.6 Å². The lowest BCUT2D eigenvalue weighted by Gasteiger charge is -2.17. The summed E-state index contributed by atoms with van der Waals surface area (Å²) < 4.78 is 1.79. The third kappa shape index (κ3) is 4.57. The Labute approximate surface area is 114 Å². The van der Waals surface area contributed by atoms with E-state index in [4.69, 9.17) is 11.6 Å². The molecule has 0 saturated heterocycles. The zero-order valence-corrected chi connectivity index (χ0v) is 12.4. The monoisotopic (exact) mass is 274 g/mol. The fourth-order valence-corrected chi connectivity index (χ4v) is 1.96. The summed E-state index contributed by atoms with van der Waals surface area (Å²) in [6.45, 7) is 2.41. The zero-order valence-electron chi connectivity index (χ0n) is 11.6. The lowest BCUT2D eigenvalue weighted by Crippen LogP contribution is -2.22. The van der Waals surface area contributed by atoms with Crippen LogP contribution in [0, 0.1) is 0 Å². The minimum Gasteiger partial charge on any atom is -0.387 e. The van der Waals surface area contributed by atoms with E-state index >= 15 is 0 Å². The number of hydrogen-bond acceptors (Lipinski definition) is 4. The van der Waals surface area contributed by atoms with Crippen molar-refractivity contribution in [1.29, 1.82) is 0 Å². The molecule has 0 aliphatic rings. The molecule has 0 aliphatic carbocycles. The van der Waals surface area contributed by atoms with Gasteiger partial charge in [0.2, 0.25) is 0 Å². The second-order valence-corrected chi connectivity index (χ2v) is 5.42. The summed E-state index contributed by atoms with van der Waals surface area (Å²) in [6.07, 6.45) is 1.69. The summed E-state index contributed by atoms with van der Waals surface area (Å²) in [6, 6.07) is 0. The number of rotatable bonds is 7. The van der Waals surface area contributed by atoms with Crippen LogP contribution in [-0.2, 0) is 6.54 Å². The first kappa shape index (κ1) is 15.4. The second-order valence-electron chi connectivity index (χ2n) is 5.01. The van der Waals surface area contributed by atoms with Gasteiger partial charge in [0.05, 0.1) is 29.6 Å². The summed E-state index contributed by atoms with van der Waals surface area (Å²) in [4.78, 5) is 4.11. The van der Waals surface area contributed by atoms with Gasteiger partial charge in [0.15, 0.2) is 0 Å². The maximum Gasteiger partial charge on any atom is 0.0984 e. The summed E-state index contributed by atoms with van der Waals surface area (Å²) in [5.74, 6) is 0. The average molecular weight is 275 g/mol. The van der Waals surface area contributed by atoms with Gasteiger partial charge in [0.1, 0.15) is 0 Å². The number of hydrogen-bond donors (Lipinski definition) is 1. The molecule has 6 heteroatoms. The molecule has 1 aromatic rings. The van der Waals surface area contributed by atoms with Gasteiger partial charge < -0.3 is 14.9 Å². The zero-order chi connectivity index (χ0) is 13.7. The lowest BCUT2D eigenvalue weighted by molar-refractivity contribution is 0.143. The predicted octanol–water partition coefficient (Wildman–Crippen LogP) is 1.08. The highest BCUT2D eigenvalue weighted by molar-refractivity contribution is 6.31. The number of nitrogens with zero attached hydrogens (tertiary/aromatic N) is 4. The molecule has 1 rings (SSSR count). The fourth-order valence-electron chi connectivity index (χ4n) is 1.69. The molecule has 0 aromatic carbocycles. The van der Waals surface area contributed by atoms with E-state index in [1.54, 1.807) is 10.9 Å². The van der Waals surface area contributed by atoms with Gasteiger partial charge >= 0.3 is 0 Å². The van der Waals surface area contributed by atoms with Crippen LogP contribution in [0.15, 0.2) is 6.20 Å². The summed E-state index contributed by atoms with van der Waals surface area (Å²) in [5, 5.41) is 15.0. The molecule has 1 aromatic heterocycles. The number of aliphatic hydroxyl groups excluding tert-OH is 1. The second kappa shape index (κ2) is 7.09. The SMILES string of the molecule is CN(C)CCC(O)c1c(Cl)cnn1CCN(C)C. The van der Waals surface area contributed by atoms with Crippen molar-refractivity contribution < 1.29 is 5.11 Å². The van der Waals surface area contributed by atoms with Crippen LogP contribution in [0.5, 0.6) is 0 Å². The standard InChI is InChI=1S/C12H23ClN4O/c1-15(2)6-5-11(18)12-10(13)9-14-17(12)8-7-16(3)4/h9,11,18H,5-8H2,1-4H3. The van der Waals surface area contributed by atoms with E-state index in [0.717, 1.165) is 25.3 Å². The topological polar surface area (TPSA) is 44.5 Å². The normalized spacial score (nSPS) is 13.6. The molecule has 0 aliphatic heterocycles. The largest absolute Gasteiger partial charge is 0.387 e. The van der Waals surface area contributed by atoms with Crippen molar-refractivity contribution in [3.8, 4) is 0 Å². The van der Waals surface area contributed by atoms with E-state index in [9.17, 15) is 5.11 Å². The smallest absolute Gasteiger partial charge is 0.0984 e. The van der Waals surface area contributed by atoms with Crippen LogP contribution >= 0.6 is 11.6 Å². The molecule has 5 nitrogen and oxygen atoms in total. The van der Waals surface area contributed by atoms with Crippen LogP contribution in [0.2, 0.25) is 5.02 Å². The van der Waals surface area contributed by atoms with Crippen molar-refractivity contribution in [2.45, 2.75) is 19.1 Å². The van der Waals surface area contributed by atoms with Crippen molar-refractivity contribution in [2.75, 3.05) is 41.3 Å². The van der Waals surface area contributed by atoms with Crippen molar-refractivity contribution in [3.05, 3.63) is 16.9 Å². The Kier molecular flexibility index (Phi) is 6.08. The highest BCUT2D eigenvalue weighted by atomic mass is 35.5. The lowest BCUT2D eigenvalue weighted by atomic mass is 10.2. The van der Waals surface area contributed by atoms with E-state index < -0.39 is 6.10 Å². The molecule has 1 unspecified atom stereocenters. The van der Waals surface area contributed by atoms with Gasteiger partial charge in [-0.2, -0.15) is 5.10 Å². The third-order valence-corrected chi connectivity index (χ3v) is 3.05. The summed E-state index contributed by atoms with van der Waals surface area (Å²) in [5.41, 5.74) is 0.723. The van der Waals surface area contributed by atoms with E-state index in [2.05, 4.69) is 10.00 Å². The number of aliphatic hydroxyl groups is 1. The molecular weight excluding hydrogens is 252 g/mol. The maximum atomic E-state index is 10.2. The van der Waals surface area contributed by atoms with Crippen LogP contribution in [0.1, 0.15) is 18.2 Å². The Morgan fingerprint density at radius 2 is 1.89 bits per heavy atom. The van der Waals surface area contributed by atoms with E-state index in [1.165, 1.54) is 0 Å². The van der Waals surface area contributed by atoms with Gasteiger partial charge in [-0.15, -0.1) is 0 Å². The third-order valence-electron chi connectivity index (χ3n) is 2.76. The Balaban J connectivity index is 2.70. The number of likely N-dealkylation sites (N-methyl/N-ethyl adjacent to an activating group) is 1. The Hall–Kier alpha value is -0.620. The molecular formula is C12H23ClN4O. The highest BCUT2D eigenvalue weighted by Crippen LogP contribution is 2.25. The summed E-state index contributed by atoms with van der Waals surface area (Å²) in [7, 11) is 7.98. The van der Waals surface area contributed by atoms with Crippen LogP contribution < -0.4 is 0 Å². The van der Waals surface area contributed by atoms with Crippen molar-refractivity contribution in [3.63, 3.8) is 0 Å². The minimum absolute atomic E-state index is 0.542. The maximum absolute atomic E-state index is 10.2. The van der Waals surface area contributed by atoms with Gasteiger partial charge in [-0.1, -0.05) is 11.6 Å². The quantitative estimate of drug-likeness (QED) is 0.808. The molecule has 104 valence electrons. The van der Waals surface area contributed by atoms with Crippen LogP contribution in [-0.4, -0.2) is 66.0 Å². The first-order valence-corrected chi connectivity index (χ1v) is 6.48.